The molecule has 2 aromatic rings. The maximum Gasteiger partial charge on any atom is 0.227 e. The van der Waals surface area contributed by atoms with Crippen molar-refractivity contribution >= 4 is 27.5 Å². The minimum atomic E-state index is 0.162. The quantitative estimate of drug-likeness (QED) is 0.871. The molecule has 1 N–H and O–H groups in total. The standard InChI is InChI=1S/C12H12BrN5O/c13-6-8-4-11(19)18(7-8)10-3-1-2-9(5-10)12-14-16-17-15-12/h1-3,5,8H,4,6-7H2,(H,14,15,16,17). The molecule has 0 radical (unpaired) electrons. The molecule has 7 heteroatoms. The maximum atomic E-state index is 12.0. The Kier molecular flexibility index (Phi) is 3.29. The summed E-state index contributed by atoms with van der Waals surface area (Å²) in [6.07, 6.45) is 0.595. The van der Waals surface area contributed by atoms with Crippen LogP contribution in [0.2, 0.25) is 0 Å². The van der Waals surface area contributed by atoms with Gasteiger partial charge in [0, 0.05) is 29.5 Å². The van der Waals surface area contributed by atoms with Gasteiger partial charge < -0.3 is 4.90 Å². The lowest BCUT2D eigenvalue weighted by Gasteiger charge is -2.16. The molecule has 3 rings (SSSR count). The second-order valence-electron chi connectivity index (χ2n) is 4.51. The van der Waals surface area contributed by atoms with Gasteiger partial charge in [0.1, 0.15) is 0 Å². The lowest BCUT2D eigenvalue weighted by atomic mass is 10.1. The van der Waals surface area contributed by atoms with E-state index in [0.29, 0.717) is 18.2 Å². The third kappa shape index (κ3) is 2.37. The van der Waals surface area contributed by atoms with Gasteiger partial charge in [0.2, 0.25) is 11.7 Å². The van der Waals surface area contributed by atoms with Gasteiger partial charge in [0.25, 0.3) is 0 Å². The Hall–Kier alpha value is -1.76. The molecule has 1 aliphatic heterocycles. The first-order chi connectivity index (χ1) is 9.28. The van der Waals surface area contributed by atoms with Gasteiger partial charge in [0.05, 0.1) is 0 Å². The zero-order valence-electron chi connectivity index (χ0n) is 10.1. The molecular formula is C12H12BrN5O. The van der Waals surface area contributed by atoms with E-state index in [1.165, 1.54) is 0 Å². The molecule has 0 spiro atoms. The number of aromatic nitrogens is 4. The number of halogens is 1. The summed E-state index contributed by atoms with van der Waals surface area (Å²) in [4.78, 5) is 13.8. The Balaban J connectivity index is 1.90. The number of carbonyl (C=O) groups is 1. The molecule has 1 fully saturated rings. The molecule has 1 aliphatic rings. The highest BCUT2D eigenvalue weighted by molar-refractivity contribution is 9.09. The Bertz CT molecular complexity index is 586. The first-order valence-corrected chi connectivity index (χ1v) is 7.10. The number of amides is 1. The van der Waals surface area contributed by atoms with Crippen LogP contribution in [0.5, 0.6) is 0 Å². The number of nitrogens with one attached hydrogen (secondary N) is 1. The summed E-state index contributed by atoms with van der Waals surface area (Å²) in [6, 6.07) is 7.64. The molecule has 0 saturated carbocycles. The predicted molar refractivity (Wildman–Crippen MR) is 73.9 cm³/mol. The monoisotopic (exact) mass is 321 g/mol. The first kappa shape index (κ1) is 12.3. The molecule has 0 aliphatic carbocycles. The summed E-state index contributed by atoms with van der Waals surface area (Å²) >= 11 is 3.44. The van der Waals surface area contributed by atoms with Gasteiger partial charge in [-0.25, -0.2) is 0 Å². The van der Waals surface area contributed by atoms with Crippen molar-refractivity contribution in [2.24, 2.45) is 5.92 Å². The fourth-order valence-corrected chi connectivity index (χ4v) is 2.67. The fraction of sp³-hybridized carbons (Fsp3) is 0.333. The number of H-pyrrole nitrogens is 1. The van der Waals surface area contributed by atoms with Crippen molar-refractivity contribution in [2.75, 3.05) is 16.8 Å². The third-order valence-electron chi connectivity index (χ3n) is 3.18. The SMILES string of the molecule is O=C1CC(CBr)CN1c1cccc(-c2nn[nH]n2)c1. The molecule has 98 valence electrons. The molecule has 2 heterocycles. The van der Waals surface area contributed by atoms with Crippen molar-refractivity contribution in [1.82, 2.24) is 20.6 Å². The highest BCUT2D eigenvalue weighted by Gasteiger charge is 2.29. The third-order valence-corrected chi connectivity index (χ3v) is 4.10. The van der Waals surface area contributed by atoms with E-state index in [1.807, 2.05) is 29.2 Å². The van der Waals surface area contributed by atoms with Crippen molar-refractivity contribution in [1.29, 1.82) is 0 Å². The second-order valence-corrected chi connectivity index (χ2v) is 5.16. The van der Waals surface area contributed by atoms with E-state index in [1.54, 1.807) is 0 Å². The second kappa shape index (κ2) is 5.08. The Morgan fingerprint density at radius 2 is 2.37 bits per heavy atom. The van der Waals surface area contributed by atoms with Gasteiger partial charge in [-0.3, -0.25) is 4.79 Å². The van der Waals surface area contributed by atoms with Crippen LogP contribution in [0.1, 0.15) is 6.42 Å². The van der Waals surface area contributed by atoms with E-state index >= 15 is 0 Å². The number of rotatable bonds is 3. The minimum Gasteiger partial charge on any atom is -0.312 e. The molecule has 6 nitrogen and oxygen atoms in total. The summed E-state index contributed by atoms with van der Waals surface area (Å²) < 4.78 is 0. The number of hydrogen-bond donors (Lipinski definition) is 1. The Morgan fingerprint density at radius 3 is 3.05 bits per heavy atom. The average Bonchev–Trinajstić information content (AvgIpc) is 3.08. The van der Waals surface area contributed by atoms with Crippen molar-refractivity contribution in [3.05, 3.63) is 24.3 Å². The lowest BCUT2D eigenvalue weighted by molar-refractivity contribution is -0.117. The van der Waals surface area contributed by atoms with Crippen molar-refractivity contribution < 1.29 is 4.79 Å². The van der Waals surface area contributed by atoms with Crippen LogP contribution in [0.4, 0.5) is 5.69 Å². The number of hydrogen-bond acceptors (Lipinski definition) is 4. The van der Waals surface area contributed by atoms with E-state index in [4.69, 9.17) is 0 Å². The number of alkyl halides is 1. The number of nitrogens with zero attached hydrogens (tertiary/aromatic N) is 4. The molecule has 0 bridgehead atoms. The molecule has 1 amide bonds. The zero-order valence-corrected chi connectivity index (χ0v) is 11.7. The summed E-state index contributed by atoms with van der Waals surface area (Å²) in [5, 5.41) is 14.7. The van der Waals surface area contributed by atoms with Crippen LogP contribution >= 0.6 is 15.9 Å². The van der Waals surface area contributed by atoms with E-state index in [9.17, 15) is 4.79 Å². The number of tetrazole rings is 1. The molecular weight excluding hydrogens is 310 g/mol. The van der Waals surface area contributed by atoms with Crippen LogP contribution in [0, 0.1) is 5.92 Å². The highest BCUT2D eigenvalue weighted by atomic mass is 79.9. The smallest absolute Gasteiger partial charge is 0.227 e. The average molecular weight is 322 g/mol. The van der Waals surface area contributed by atoms with Gasteiger partial charge in [-0.15, -0.1) is 10.2 Å². The van der Waals surface area contributed by atoms with Crippen molar-refractivity contribution in [3.63, 3.8) is 0 Å². The van der Waals surface area contributed by atoms with Gasteiger partial charge in [0.15, 0.2) is 0 Å². The highest BCUT2D eigenvalue weighted by Crippen LogP contribution is 2.28. The van der Waals surface area contributed by atoms with Gasteiger partial charge >= 0.3 is 0 Å². The predicted octanol–water partition coefficient (Wildman–Crippen LogP) is 1.61. The van der Waals surface area contributed by atoms with Gasteiger partial charge in [-0.2, -0.15) is 5.21 Å². The largest absolute Gasteiger partial charge is 0.312 e. The summed E-state index contributed by atoms with van der Waals surface area (Å²) in [5.41, 5.74) is 1.73. The summed E-state index contributed by atoms with van der Waals surface area (Å²) in [6.45, 7) is 0.750. The maximum absolute atomic E-state index is 12.0. The van der Waals surface area contributed by atoms with Crippen LogP contribution in [0.25, 0.3) is 11.4 Å². The number of anilines is 1. The Labute approximate surface area is 118 Å². The summed E-state index contributed by atoms with van der Waals surface area (Å²) in [7, 11) is 0. The molecule has 1 saturated heterocycles. The van der Waals surface area contributed by atoms with Crippen LogP contribution < -0.4 is 4.90 Å². The van der Waals surface area contributed by atoms with E-state index in [0.717, 1.165) is 23.1 Å². The number of aromatic amines is 1. The molecule has 1 atom stereocenters. The molecule has 1 aromatic heterocycles. The van der Waals surface area contributed by atoms with E-state index in [2.05, 4.69) is 36.6 Å². The van der Waals surface area contributed by atoms with Crippen molar-refractivity contribution in [2.45, 2.75) is 6.42 Å². The van der Waals surface area contributed by atoms with Gasteiger partial charge in [-0.1, -0.05) is 28.1 Å². The van der Waals surface area contributed by atoms with Crippen LogP contribution in [0.3, 0.4) is 0 Å². The van der Waals surface area contributed by atoms with Crippen molar-refractivity contribution in [3.8, 4) is 11.4 Å². The minimum absolute atomic E-state index is 0.162. The zero-order chi connectivity index (χ0) is 13.2. The number of benzene rings is 1. The molecule has 1 unspecified atom stereocenters. The molecule has 1 aromatic carbocycles. The van der Waals surface area contributed by atoms with Crippen LogP contribution in [-0.4, -0.2) is 38.4 Å². The summed E-state index contributed by atoms with van der Waals surface area (Å²) in [5.74, 6) is 1.07. The van der Waals surface area contributed by atoms with Gasteiger partial charge in [-0.05, 0) is 23.3 Å². The normalized spacial score (nSPS) is 19.1. The van der Waals surface area contributed by atoms with E-state index in [-0.39, 0.29) is 5.91 Å². The lowest BCUT2D eigenvalue weighted by Crippen LogP contribution is -2.24. The fourth-order valence-electron chi connectivity index (χ4n) is 2.23. The number of carbonyl (C=O) groups excluding carboxylic acids is 1. The van der Waals surface area contributed by atoms with Crippen LogP contribution in [0.15, 0.2) is 24.3 Å². The van der Waals surface area contributed by atoms with Crippen LogP contribution in [-0.2, 0) is 4.79 Å². The topological polar surface area (TPSA) is 74.8 Å². The molecule has 19 heavy (non-hydrogen) atoms. The van der Waals surface area contributed by atoms with E-state index < -0.39 is 0 Å². The first-order valence-electron chi connectivity index (χ1n) is 5.98. The Morgan fingerprint density at radius 1 is 1.47 bits per heavy atom.